The lowest BCUT2D eigenvalue weighted by Crippen LogP contribution is -2.57. The van der Waals surface area contributed by atoms with Crippen LogP contribution < -0.4 is 0 Å². The van der Waals surface area contributed by atoms with Crippen LogP contribution in [0, 0.1) is 17.8 Å². The Hall–Kier alpha value is -3.75. The summed E-state index contributed by atoms with van der Waals surface area (Å²) in [7, 11) is 0. The maximum absolute atomic E-state index is 14.9. The fraction of sp³-hybridized carbons (Fsp3) is 0.472. The second-order valence-corrected chi connectivity index (χ2v) is 12.6. The molecule has 3 amide bonds. The second kappa shape index (κ2) is 12.7. The number of likely N-dealkylation sites (tertiary alicyclic amines) is 1. The molecule has 3 fully saturated rings. The van der Waals surface area contributed by atoms with E-state index < -0.39 is 35.1 Å². The first-order chi connectivity index (χ1) is 21.2. The number of amides is 3. The molecule has 234 valence electrons. The van der Waals surface area contributed by atoms with Crippen molar-refractivity contribution in [2.24, 2.45) is 17.8 Å². The van der Waals surface area contributed by atoms with Gasteiger partial charge in [0.05, 0.1) is 30.1 Å². The van der Waals surface area contributed by atoms with Gasteiger partial charge in [0, 0.05) is 26.2 Å². The zero-order valence-electron chi connectivity index (χ0n) is 26.1. The molecule has 8 heteroatoms. The summed E-state index contributed by atoms with van der Waals surface area (Å²) in [5, 5.41) is 10.8. The molecule has 1 N–H and O–H groups in total. The first-order valence-corrected chi connectivity index (χ1v) is 15.7. The Morgan fingerprint density at radius 3 is 2.25 bits per heavy atom. The molecule has 0 aromatic heterocycles. The lowest BCUT2D eigenvalue weighted by molar-refractivity contribution is -0.158. The molecule has 2 aromatic carbocycles. The van der Waals surface area contributed by atoms with Crippen LogP contribution in [0.4, 0.5) is 0 Å². The highest BCUT2D eigenvalue weighted by molar-refractivity contribution is 5.99. The number of aliphatic hydroxyl groups excluding tert-OH is 1. The van der Waals surface area contributed by atoms with Crippen molar-refractivity contribution in [3.63, 3.8) is 0 Å². The number of aliphatic hydroxyl groups is 1. The van der Waals surface area contributed by atoms with Gasteiger partial charge in [-0.15, -0.1) is 13.2 Å². The summed E-state index contributed by atoms with van der Waals surface area (Å²) in [4.78, 5) is 49.1. The monoisotopic (exact) mass is 599 g/mol. The minimum absolute atomic E-state index is 0.0887. The molecule has 3 heterocycles. The molecule has 0 saturated carbocycles. The van der Waals surface area contributed by atoms with Crippen molar-refractivity contribution in [1.29, 1.82) is 0 Å². The van der Waals surface area contributed by atoms with Crippen molar-refractivity contribution < 1.29 is 24.2 Å². The van der Waals surface area contributed by atoms with Crippen LogP contribution in [0.3, 0.4) is 0 Å². The molecule has 44 heavy (non-hydrogen) atoms. The average Bonchev–Trinajstić information content (AvgIpc) is 3.54. The molecule has 5 rings (SSSR count). The average molecular weight is 600 g/mol. The van der Waals surface area contributed by atoms with E-state index in [1.807, 2.05) is 81.4 Å². The normalized spacial score (nSPS) is 29.3. The van der Waals surface area contributed by atoms with Gasteiger partial charge >= 0.3 is 0 Å². The van der Waals surface area contributed by atoms with E-state index in [2.05, 4.69) is 13.2 Å². The molecule has 3 unspecified atom stereocenters. The Balaban J connectivity index is 1.65. The van der Waals surface area contributed by atoms with Crippen molar-refractivity contribution in [3.8, 4) is 0 Å². The molecule has 3 saturated heterocycles. The summed E-state index contributed by atoms with van der Waals surface area (Å²) in [6.45, 7) is 14.8. The Morgan fingerprint density at radius 1 is 1.05 bits per heavy atom. The highest BCUT2D eigenvalue weighted by Gasteiger charge is 2.80. The molecule has 1 spiro atoms. The maximum atomic E-state index is 14.9. The van der Waals surface area contributed by atoms with Gasteiger partial charge in [0.1, 0.15) is 11.6 Å². The first-order valence-electron chi connectivity index (χ1n) is 15.7. The van der Waals surface area contributed by atoms with Gasteiger partial charge in [0.15, 0.2) is 0 Å². The molecule has 0 radical (unpaired) electrons. The van der Waals surface area contributed by atoms with Crippen LogP contribution in [0.15, 0.2) is 86.0 Å². The number of benzene rings is 2. The fourth-order valence-corrected chi connectivity index (χ4v) is 7.98. The van der Waals surface area contributed by atoms with Crippen LogP contribution in [0.1, 0.15) is 50.8 Å². The Morgan fingerprint density at radius 2 is 1.66 bits per heavy atom. The summed E-state index contributed by atoms with van der Waals surface area (Å²) < 4.78 is 6.98. The van der Waals surface area contributed by atoms with Crippen molar-refractivity contribution in [1.82, 2.24) is 14.7 Å². The minimum Gasteiger partial charge on any atom is -0.394 e. The lowest BCUT2D eigenvalue weighted by atomic mass is 9.62. The van der Waals surface area contributed by atoms with E-state index in [1.54, 1.807) is 26.9 Å². The third-order valence-electron chi connectivity index (χ3n) is 9.98. The summed E-state index contributed by atoms with van der Waals surface area (Å²) in [6.07, 6.45) is 4.59. The van der Waals surface area contributed by atoms with Crippen LogP contribution in [0.25, 0.3) is 0 Å². The number of carbonyl (C=O) groups is 3. The van der Waals surface area contributed by atoms with E-state index in [0.29, 0.717) is 31.6 Å². The Labute approximate surface area is 261 Å². The molecule has 0 aliphatic carbocycles. The smallest absolute Gasteiger partial charge is 0.249 e. The summed E-state index contributed by atoms with van der Waals surface area (Å²) >= 11 is 0. The first kappa shape index (κ1) is 31.7. The highest BCUT2D eigenvalue weighted by atomic mass is 16.5. The standard InChI is InChI=1S/C36H45N3O5/c1-6-19-37(20-7-2)32(41)29-30-33(42)39(28(24-40)27-17-13-10-14-18-27)31(36(30)22-25(4)35(29,5)44-36)34(43)38(21-8-3)23-26-15-11-9-12-16-26/h6,8-18,25,28-31,40H,1,3,7,19-24H2,2,4-5H3/t25?,28-,29+,30+,31?,35-,36?/m1/s1. The highest BCUT2D eigenvalue weighted by Crippen LogP contribution is 2.66. The number of fused-ring (bicyclic) bond motifs is 1. The van der Waals surface area contributed by atoms with Crippen molar-refractivity contribution >= 4 is 17.7 Å². The Bertz CT molecular complexity index is 1380. The number of ether oxygens (including phenoxy) is 1. The molecule has 7 atom stereocenters. The van der Waals surface area contributed by atoms with Gasteiger partial charge in [-0.2, -0.15) is 0 Å². The number of hydrogen-bond acceptors (Lipinski definition) is 5. The third-order valence-corrected chi connectivity index (χ3v) is 9.98. The van der Waals surface area contributed by atoms with Crippen LogP contribution in [-0.2, 0) is 25.7 Å². The number of hydrogen-bond donors (Lipinski definition) is 1. The Kier molecular flexibility index (Phi) is 9.14. The third kappa shape index (κ3) is 5.08. The van der Waals surface area contributed by atoms with E-state index in [9.17, 15) is 19.5 Å². The number of rotatable bonds is 13. The summed E-state index contributed by atoms with van der Waals surface area (Å²) in [5.74, 6) is -2.48. The van der Waals surface area contributed by atoms with Gasteiger partial charge in [-0.3, -0.25) is 14.4 Å². The van der Waals surface area contributed by atoms with Crippen molar-refractivity contribution in [3.05, 3.63) is 97.1 Å². The number of nitrogens with zero attached hydrogens (tertiary/aromatic N) is 3. The lowest BCUT2D eigenvalue weighted by Gasteiger charge is -2.39. The van der Waals surface area contributed by atoms with Crippen LogP contribution in [0.2, 0.25) is 0 Å². The molecule has 2 bridgehead atoms. The van der Waals surface area contributed by atoms with Crippen LogP contribution >= 0.6 is 0 Å². The second-order valence-electron chi connectivity index (χ2n) is 12.6. The predicted molar refractivity (Wildman–Crippen MR) is 169 cm³/mol. The molecule has 2 aromatic rings. The van der Waals surface area contributed by atoms with E-state index >= 15 is 0 Å². The largest absolute Gasteiger partial charge is 0.394 e. The number of carbonyl (C=O) groups excluding carboxylic acids is 3. The minimum atomic E-state index is -1.23. The molecular formula is C36H45N3O5. The van der Waals surface area contributed by atoms with Crippen LogP contribution in [-0.4, -0.2) is 81.0 Å². The van der Waals surface area contributed by atoms with Gasteiger partial charge in [0.25, 0.3) is 0 Å². The van der Waals surface area contributed by atoms with Crippen molar-refractivity contribution in [2.45, 2.75) is 63.4 Å². The zero-order chi connectivity index (χ0) is 31.6. The predicted octanol–water partition coefficient (Wildman–Crippen LogP) is 4.37. The molecule has 8 nitrogen and oxygen atoms in total. The molecular weight excluding hydrogens is 554 g/mol. The van der Waals surface area contributed by atoms with Gasteiger partial charge in [-0.1, -0.05) is 86.7 Å². The van der Waals surface area contributed by atoms with Crippen molar-refractivity contribution in [2.75, 3.05) is 26.2 Å². The van der Waals surface area contributed by atoms with Gasteiger partial charge in [0.2, 0.25) is 17.7 Å². The maximum Gasteiger partial charge on any atom is 0.249 e. The van der Waals surface area contributed by atoms with Crippen LogP contribution in [0.5, 0.6) is 0 Å². The molecule has 3 aliphatic heterocycles. The van der Waals surface area contributed by atoms with Gasteiger partial charge in [-0.25, -0.2) is 0 Å². The van der Waals surface area contributed by atoms with E-state index in [4.69, 9.17) is 4.74 Å². The van der Waals surface area contributed by atoms with Gasteiger partial charge < -0.3 is 24.5 Å². The summed E-state index contributed by atoms with van der Waals surface area (Å²) in [6, 6.07) is 17.1. The zero-order valence-corrected chi connectivity index (χ0v) is 26.1. The van der Waals surface area contributed by atoms with Gasteiger partial charge in [-0.05, 0) is 36.8 Å². The van der Waals surface area contributed by atoms with E-state index in [-0.39, 0.29) is 36.8 Å². The molecule has 3 aliphatic rings. The topological polar surface area (TPSA) is 90.4 Å². The quantitative estimate of drug-likeness (QED) is 0.346. The van der Waals surface area contributed by atoms with E-state index in [1.165, 1.54) is 0 Å². The SMILES string of the molecule is C=CCN(Cc1ccccc1)C(=O)C1N([C@H](CO)c2ccccc2)C(=O)[C@@H]2[C@@H](C(=O)N(CC=C)CCC)[C@]3(C)OC12CC3C. The van der Waals surface area contributed by atoms with E-state index in [0.717, 1.165) is 12.0 Å². The fourth-order valence-electron chi connectivity index (χ4n) is 7.98. The summed E-state index contributed by atoms with van der Waals surface area (Å²) in [5.41, 5.74) is -0.502.